The number of phenolic OH excluding ortho intramolecular Hbond substituents is 1. The van der Waals surface area contributed by atoms with Gasteiger partial charge in [-0.1, -0.05) is 69.3 Å². The Morgan fingerprint density at radius 1 is 0.621 bits per heavy atom. The molecule has 4 aromatic carbocycles. The molecular formula is C52H70O12Si2. The topological polar surface area (TPSA) is 153 Å². The van der Waals surface area contributed by atoms with Crippen LogP contribution in [0.3, 0.4) is 0 Å². The van der Waals surface area contributed by atoms with Gasteiger partial charge >= 0.3 is 23.9 Å². The Bertz CT molecular complexity index is 2210. The molecule has 4 aromatic rings. The molecule has 0 atom stereocenters. The van der Waals surface area contributed by atoms with Crippen LogP contribution in [0.4, 0.5) is 0 Å². The van der Waals surface area contributed by atoms with Crippen molar-refractivity contribution in [2.75, 3.05) is 39.6 Å². The highest BCUT2D eigenvalue weighted by atomic mass is 28.4. The van der Waals surface area contributed by atoms with Gasteiger partial charge in [-0.3, -0.25) is 9.59 Å². The molecule has 0 unspecified atom stereocenters. The highest BCUT2D eigenvalue weighted by Crippen LogP contribution is 2.36. The minimum absolute atomic E-state index is 0.118. The van der Waals surface area contributed by atoms with Crippen molar-refractivity contribution >= 4 is 40.5 Å². The standard InChI is InChI=1S/C52H70O12Si2/c1-38-36-40(22-27-48(55)61-33-31-59-29-28-58-30-32-60-39(2)53)37-45(52(3,4)5)49(38)63-51(57)44-25-23-43(24-26-44)50(56)62-47-21-13-11-17-42(47)19-15-35-66(8,9)64-65(6,7)34-14-18-41-16-10-12-20-46(41)54/h10-13,16-17,20-21,23-26,36-37,54H,14-15,18-19,22,27-35H2,1-9H3. The number of benzene rings is 4. The second kappa shape index (κ2) is 25.7. The fourth-order valence-electron chi connectivity index (χ4n) is 7.63. The molecule has 1 N–H and O–H groups in total. The highest BCUT2D eigenvalue weighted by Gasteiger charge is 2.32. The van der Waals surface area contributed by atoms with Crippen molar-refractivity contribution in [3.05, 3.63) is 124 Å². The predicted molar refractivity (Wildman–Crippen MR) is 261 cm³/mol. The third-order valence-corrected chi connectivity index (χ3v) is 18.4. The van der Waals surface area contributed by atoms with Crippen LogP contribution in [-0.2, 0) is 57.3 Å². The van der Waals surface area contributed by atoms with Gasteiger partial charge in [0.15, 0.2) is 16.6 Å². The summed E-state index contributed by atoms with van der Waals surface area (Å²) in [4.78, 5) is 50.2. The summed E-state index contributed by atoms with van der Waals surface area (Å²) in [6, 6.07) is 27.2. The van der Waals surface area contributed by atoms with Crippen molar-refractivity contribution in [2.45, 2.75) is 117 Å². The molecule has 0 radical (unpaired) electrons. The predicted octanol–water partition coefficient (Wildman–Crippen LogP) is 10.5. The normalized spacial score (nSPS) is 11.8. The van der Waals surface area contributed by atoms with Crippen LogP contribution in [0.1, 0.15) is 95.5 Å². The van der Waals surface area contributed by atoms with E-state index in [2.05, 4.69) is 26.2 Å². The summed E-state index contributed by atoms with van der Waals surface area (Å²) in [7, 11) is -3.89. The van der Waals surface area contributed by atoms with Gasteiger partial charge in [0.25, 0.3) is 0 Å². The lowest BCUT2D eigenvalue weighted by atomic mass is 9.83. The van der Waals surface area contributed by atoms with Gasteiger partial charge in [0.2, 0.25) is 0 Å². The zero-order chi connectivity index (χ0) is 48.3. The molecule has 0 aliphatic heterocycles. The van der Waals surface area contributed by atoms with Crippen molar-refractivity contribution < 1.29 is 56.8 Å². The molecule has 358 valence electrons. The van der Waals surface area contributed by atoms with Crippen molar-refractivity contribution in [1.82, 2.24) is 0 Å². The molecule has 0 aliphatic carbocycles. The molecule has 0 fully saturated rings. The summed E-state index contributed by atoms with van der Waals surface area (Å²) < 4.78 is 39.7. The number of ether oxygens (including phenoxy) is 6. The van der Waals surface area contributed by atoms with E-state index in [1.165, 1.54) is 6.92 Å². The summed E-state index contributed by atoms with van der Waals surface area (Å²) in [5, 5.41) is 10.1. The number of aryl methyl sites for hydroxylation is 4. The highest BCUT2D eigenvalue weighted by molar-refractivity contribution is 6.84. The van der Waals surface area contributed by atoms with Crippen LogP contribution in [0.15, 0.2) is 84.9 Å². The van der Waals surface area contributed by atoms with Gasteiger partial charge < -0.3 is 37.6 Å². The third-order valence-electron chi connectivity index (χ3n) is 10.9. The molecule has 0 saturated heterocycles. The molecule has 14 heteroatoms. The van der Waals surface area contributed by atoms with Gasteiger partial charge in [0.1, 0.15) is 30.5 Å². The summed E-state index contributed by atoms with van der Waals surface area (Å²) in [6.07, 6.45) is 4.06. The maximum absolute atomic E-state index is 13.5. The van der Waals surface area contributed by atoms with Crippen LogP contribution in [0, 0.1) is 6.92 Å². The van der Waals surface area contributed by atoms with E-state index in [-0.39, 0.29) is 55.8 Å². The van der Waals surface area contributed by atoms with E-state index in [1.807, 2.05) is 76.2 Å². The summed E-state index contributed by atoms with van der Waals surface area (Å²) in [6.45, 7) is 19.9. The molecule has 66 heavy (non-hydrogen) atoms. The van der Waals surface area contributed by atoms with E-state index in [0.29, 0.717) is 42.4 Å². The fraction of sp³-hybridized carbons (Fsp3) is 0.462. The van der Waals surface area contributed by atoms with Gasteiger partial charge in [0, 0.05) is 18.9 Å². The van der Waals surface area contributed by atoms with E-state index in [4.69, 9.17) is 32.5 Å². The number of rotatable bonds is 26. The number of hydrogen-bond donors (Lipinski definition) is 1. The first-order valence-electron chi connectivity index (χ1n) is 22.9. The first-order valence-corrected chi connectivity index (χ1v) is 29.1. The van der Waals surface area contributed by atoms with E-state index >= 15 is 0 Å². The SMILES string of the molecule is CC(=O)OCCOCCOCCOC(=O)CCc1cc(C)c(OC(=O)c2ccc(C(=O)Oc3ccccc3CCC[Si](C)(C)O[Si](C)(C)CCCc3ccccc3O)cc2)c(C(C)(C)C)c1. The Kier molecular flexibility index (Phi) is 20.8. The van der Waals surface area contributed by atoms with E-state index in [9.17, 15) is 24.3 Å². The van der Waals surface area contributed by atoms with Gasteiger partial charge in [-0.15, -0.1) is 0 Å². The average Bonchev–Trinajstić information content (AvgIpc) is 3.24. The van der Waals surface area contributed by atoms with E-state index in [1.54, 1.807) is 36.4 Å². The molecule has 0 amide bonds. The van der Waals surface area contributed by atoms with Crippen LogP contribution in [0.25, 0.3) is 0 Å². The molecule has 0 aromatic heterocycles. The van der Waals surface area contributed by atoms with Gasteiger partial charge in [-0.05, 0) is 141 Å². The quantitative estimate of drug-likeness (QED) is 0.0276. The first kappa shape index (κ1) is 53.5. The van der Waals surface area contributed by atoms with Gasteiger partial charge in [0.05, 0.1) is 37.6 Å². The molecule has 0 saturated carbocycles. The van der Waals surface area contributed by atoms with Crippen molar-refractivity contribution in [3.63, 3.8) is 0 Å². The van der Waals surface area contributed by atoms with Crippen molar-refractivity contribution in [3.8, 4) is 17.2 Å². The molecule has 0 bridgehead atoms. The largest absolute Gasteiger partial charge is 0.508 e. The molecule has 12 nitrogen and oxygen atoms in total. The monoisotopic (exact) mass is 942 g/mol. The lowest BCUT2D eigenvalue weighted by Crippen LogP contribution is -2.44. The van der Waals surface area contributed by atoms with Crippen LogP contribution >= 0.6 is 0 Å². The van der Waals surface area contributed by atoms with E-state index < -0.39 is 28.6 Å². The zero-order valence-electron chi connectivity index (χ0n) is 40.4. The van der Waals surface area contributed by atoms with Crippen molar-refractivity contribution in [2.24, 2.45) is 0 Å². The molecule has 0 aliphatic rings. The third kappa shape index (κ3) is 18.6. The Hall–Kier alpha value is -5.13. The second-order valence-corrected chi connectivity index (χ2v) is 27.6. The second-order valence-electron chi connectivity index (χ2n) is 18.7. The Morgan fingerprint density at radius 3 is 1.71 bits per heavy atom. The average molecular weight is 943 g/mol. The number of hydrogen-bond acceptors (Lipinski definition) is 12. The Labute approximate surface area is 393 Å². The zero-order valence-corrected chi connectivity index (χ0v) is 42.4. The van der Waals surface area contributed by atoms with Crippen LogP contribution in [0.5, 0.6) is 17.2 Å². The molecular weight excluding hydrogens is 873 g/mol. The summed E-state index contributed by atoms with van der Waals surface area (Å²) >= 11 is 0. The maximum Gasteiger partial charge on any atom is 0.343 e. The van der Waals surface area contributed by atoms with Crippen LogP contribution in [0.2, 0.25) is 38.3 Å². The number of phenols is 1. The number of carbonyl (C=O) groups excluding carboxylic acids is 4. The molecule has 0 spiro atoms. The van der Waals surface area contributed by atoms with E-state index in [0.717, 1.165) is 65.6 Å². The number of aromatic hydroxyl groups is 1. The Balaban J connectivity index is 1.25. The van der Waals surface area contributed by atoms with Gasteiger partial charge in [-0.25, -0.2) is 9.59 Å². The minimum atomic E-state index is -1.97. The summed E-state index contributed by atoms with van der Waals surface area (Å²) in [5.41, 5.74) is 4.61. The van der Waals surface area contributed by atoms with Crippen molar-refractivity contribution in [1.29, 1.82) is 0 Å². The number of carbonyl (C=O) groups is 4. The summed E-state index contributed by atoms with van der Waals surface area (Å²) in [5.74, 6) is -0.471. The van der Waals surface area contributed by atoms with Crippen LogP contribution < -0.4 is 9.47 Å². The fourth-order valence-corrected chi connectivity index (χ4v) is 16.5. The smallest absolute Gasteiger partial charge is 0.343 e. The lowest BCUT2D eigenvalue weighted by molar-refractivity contribution is -0.146. The van der Waals surface area contributed by atoms with Crippen LogP contribution in [-0.4, -0.2) is 85.3 Å². The minimum Gasteiger partial charge on any atom is -0.508 e. The maximum atomic E-state index is 13.5. The van der Waals surface area contributed by atoms with Gasteiger partial charge in [-0.2, -0.15) is 0 Å². The molecule has 0 heterocycles. The molecule has 4 rings (SSSR count). The number of esters is 4. The number of para-hydroxylation sites is 2. The lowest BCUT2D eigenvalue weighted by Gasteiger charge is -2.34. The Morgan fingerprint density at radius 2 is 1.14 bits per heavy atom. The first-order chi connectivity index (χ1) is 31.2.